The quantitative estimate of drug-likeness (QED) is 0.500. The van der Waals surface area contributed by atoms with Gasteiger partial charge in [0.25, 0.3) is 0 Å². The van der Waals surface area contributed by atoms with E-state index in [-0.39, 0.29) is 11.7 Å². The van der Waals surface area contributed by atoms with E-state index in [9.17, 15) is 4.79 Å². The average molecular weight is 388 g/mol. The number of anilines is 1. The van der Waals surface area contributed by atoms with Crippen LogP contribution in [0, 0.1) is 6.92 Å². The highest BCUT2D eigenvalue weighted by atomic mass is 35.5. The van der Waals surface area contributed by atoms with Crippen molar-refractivity contribution in [3.8, 4) is 0 Å². The Hall–Kier alpha value is -2.51. The van der Waals surface area contributed by atoms with E-state index in [0.717, 1.165) is 11.1 Å². The van der Waals surface area contributed by atoms with Crippen molar-refractivity contribution in [2.45, 2.75) is 18.5 Å². The SMILES string of the molecule is Cc1ccc(NC(=O)CSc2nnc(Cc3ccccc3)n2N)cc1Cl. The zero-order valence-corrected chi connectivity index (χ0v) is 15.7. The van der Waals surface area contributed by atoms with E-state index in [1.807, 2.05) is 49.4 Å². The number of rotatable bonds is 6. The molecule has 0 atom stereocenters. The Morgan fingerprint density at radius 2 is 2.00 bits per heavy atom. The fraction of sp³-hybridized carbons (Fsp3) is 0.167. The van der Waals surface area contributed by atoms with Gasteiger partial charge in [-0.15, -0.1) is 10.2 Å². The number of nitrogen functional groups attached to an aromatic ring is 1. The van der Waals surface area contributed by atoms with Gasteiger partial charge in [-0.1, -0.05) is 59.8 Å². The van der Waals surface area contributed by atoms with Gasteiger partial charge >= 0.3 is 0 Å². The van der Waals surface area contributed by atoms with Gasteiger partial charge in [0.2, 0.25) is 11.1 Å². The van der Waals surface area contributed by atoms with Gasteiger partial charge in [-0.3, -0.25) is 4.79 Å². The van der Waals surface area contributed by atoms with Crippen LogP contribution in [-0.4, -0.2) is 26.5 Å². The molecule has 2 aromatic carbocycles. The lowest BCUT2D eigenvalue weighted by molar-refractivity contribution is -0.113. The molecule has 8 heteroatoms. The number of amides is 1. The number of halogens is 1. The smallest absolute Gasteiger partial charge is 0.234 e. The van der Waals surface area contributed by atoms with E-state index in [2.05, 4.69) is 15.5 Å². The second-order valence-electron chi connectivity index (χ2n) is 5.73. The lowest BCUT2D eigenvalue weighted by Crippen LogP contribution is -2.17. The molecule has 0 fully saturated rings. The van der Waals surface area contributed by atoms with Crippen LogP contribution in [0.25, 0.3) is 0 Å². The van der Waals surface area contributed by atoms with Gasteiger partial charge in [0.05, 0.1) is 5.75 Å². The van der Waals surface area contributed by atoms with Crippen molar-refractivity contribution in [3.63, 3.8) is 0 Å². The van der Waals surface area contributed by atoms with Crippen LogP contribution < -0.4 is 11.2 Å². The summed E-state index contributed by atoms with van der Waals surface area (Å²) in [5.41, 5.74) is 2.71. The van der Waals surface area contributed by atoms with Crippen LogP contribution in [0.15, 0.2) is 53.7 Å². The minimum atomic E-state index is -0.164. The van der Waals surface area contributed by atoms with Crippen molar-refractivity contribution in [1.82, 2.24) is 14.9 Å². The Labute approximate surface area is 160 Å². The molecule has 3 N–H and O–H groups in total. The highest BCUT2D eigenvalue weighted by Crippen LogP contribution is 2.21. The van der Waals surface area contributed by atoms with Crippen molar-refractivity contribution in [3.05, 3.63) is 70.5 Å². The molecule has 26 heavy (non-hydrogen) atoms. The third kappa shape index (κ3) is 4.56. The molecule has 0 radical (unpaired) electrons. The fourth-order valence-corrected chi connectivity index (χ4v) is 3.16. The van der Waals surface area contributed by atoms with Crippen molar-refractivity contribution < 1.29 is 4.79 Å². The van der Waals surface area contributed by atoms with E-state index in [1.54, 1.807) is 6.07 Å². The van der Waals surface area contributed by atoms with Crippen molar-refractivity contribution in [2.75, 3.05) is 16.9 Å². The maximum atomic E-state index is 12.1. The molecule has 6 nitrogen and oxygen atoms in total. The molecule has 1 aromatic heterocycles. The number of aryl methyl sites for hydroxylation is 1. The van der Waals surface area contributed by atoms with Crippen molar-refractivity contribution in [1.29, 1.82) is 0 Å². The summed E-state index contributed by atoms with van der Waals surface area (Å²) in [4.78, 5) is 12.1. The molecule has 0 spiro atoms. The number of nitrogens with two attached hydrogens (primary N) is 1. The minimum absolute atomic E-state index is 0.164. The van der Waals surface area contributed by atoms with Crippen molar-refractivity contribution in [2.24, 2.45) is 0 Å². The molecule has 1 amide bonds. The normalized spacial score (nSPS) is 10.7. The topological polar surface area (TPSA) is 85.8 Å². The molecule has 0 bridgehead atoms. The summed E-state index contributed by atoms with van der Waals surface area (Å²) in [7, 11) is 0. The van der Waals surface area contributed by atoms with Crippen LogP contribution in [0.2, 0.25) is 5.02 Å². The molecule has 0 unspecified atom stereocenters. The number of carbonyl (C=O) groups is 1. The van der Waals surface area contributed by atoms with E-state index < -0.39 is 0 Å². The number of benzene rings is 2. The Kier molecular flexibility index (Phi) is 5.80. The first kappa shape index (κ1) is 18.3. The highest BCUT2D eigenvalue weighted by Gasteiger charge is 2.13. The number of hydrogen-bond donors (Lipinski definition) is 2. The molecule has 0 saturated carbocycles. The number of aromatic nitrogens is 3. The zero-order valence-electron chi connectivity index (χ0n) is 14.1. The Morgan fingerprint density at radius 3 is 2.73 bits per heavy atom. The maximum Gasteiger partial charge on any atom is 0.234 e. The third-order valence-electron chi connectivity index (χ3n) is 3.73. The molecular weight excluding hydrogens is 370 g/mol. The van der Waals surface area contributed by atoms with Gasteiger partial charge in [-0.05, 0) is 30.2 Å². The summed E-state index contributed by atoms with van der Waals surface area (Å²) in [5.74, 6) is 6.70. The molecule has 0 saturated heterocycles. The monoisotopic (exact) mass is 387 g/mol. The Morgan fingerprint density at radius 1 is 1.23 bits per heavy atom. The summed E-state index contributed by atoms with van der Waals surface area (Å²) in [6.07, 6.45) is 0.582. The largest absolute Gasteiger partial charge is 0.336 e. The lowest BCUT2D eigenvalue weighted by Gasteiger charge is -2.07. The van der Waals surface area contributed by atoms with E-state index in [4.69, 9.17) is 17.4 Å². The molecule has 3 rings (SSSR count). The summed E-state index contributed by atoms with van der Waals surface area (Å²) < 4.78 is 1.42. The maximum absolute atomic E-state index is 12.1. The third-order valence-corrected chi connectivity index (χ3v) is 5.08. The van der Waals surface area contributed by atoms with Crippen LogP contribution in [0.4, 0.5) is 5.69 Å². The van der Waals surface area contributed by atoms with Gasteiger partial charge < -0.3 is 11.2 Å². The Balaban J connectivity index is 1.57. The predicted molar refractivity (Wildman–Crippen MR) is 105 cm³/mol. The van der Waals surface area contributed by atoms with Crippen LogP contribution in [0.1, 0.15) is 17.0 Å². The van der Waals surface area contributed by atoms with Gasteiger partial charge in [-0.2, -0.15) is 0 Å². The standard InChI is InChI=1S/C18H18ClN5OS/c1-12-7-8-14(10-15(12)19)21-17(25)11-26-18-23-22-16(24(18)20)9-13-5-3-2-4-6-13/h2-8,10H,9,11,20H2,1H3,(H,21,25). The minimum Gasteiger partial charge on any atom is -0.336 e. The van der Waals surface area contributed by atoms with Crippen molar-refractivity contribution >= 4 is 35.0 Å². The molecule has 0 aliphatic heterocycles. The van der Waals surface area contributed by atoms with Crippen LogP contribution >= 0.6 is 23.4 Å². The molecule has 3 aromatic rings. The second-order valence-corrected chi connectivity index (χ2v) is 7.08. The molecular formula is C18H18ClN5OS. The summed E-state index contributed by atoms with van der Waals surface area (Å²) in [6, 6.07) is 15.3. The first-order valence-corrected chi connectivity index (χ1v) is 9.31. The fourth-order valence-electron chi connectivity index (χ4n) is 2.30. The van der Waals surface area contributed by atoms with Gasteiger partial charge in [0, 0.05) is 17.1 Å². The Bertz CT molecular complexity index is 913. The van der Waals surface area contributed by atoms with Gasteiger partial charge in [0.1, 0.15) is 0 Å². The van der Waals surface area contributed by atoms with Gasteiger partial charge in [0.15, 0.2) is 5.82 Å². The average Bonchev–Trinajstić information content (AvgIpc) is 2.97. The number of nitrogens with zero attached hydrogens (tertiary/aromatic N) is 3. The molecule has 1 heterocycles. The molecule has 0 aliphatic carbocycles. The van der Waals surface area contributed by atoms with Crippen LogP contribution in [-0.2, 0) is 11.2 Å². The van der Waals surface area contributed by atoms with Crippen LogP contribution in [0.3, 0.4) is 0 Å². The van der Waals surface area contributed by atoms with E-state index in [1.165, 1.54) is 16.4 Å². The number of carbonyl (C=O) groups excluding carboxylic acids is 1. The highest BCUT2D eigenvalue weighted by molar-refractivity contribution is 7.99. The van der Waals surface area contributed by atoms with Crippen LogP contribution in [0.5, 0.6) is 0 Å². The summed E-state index contributed by atoms with van der Waals surface area (Å²) >= 11 is 7.30. The second kappa shape index (κ2) is 8.25. The number of nitrogens with one attached hydrogen (secondary N) is 1. The van der Waals surface area contributed by atoms with E-state index in [0.29, 0.717) is 28.1 Å². The molecule has 0 aliphatic rings. The lowest BCUT2D eigenvalue weighted by atomic mass is 10.1. The summed E-state index contributed by atoms with van der Waals surface area (Å²) in [6.45, 7) is 1.91. The molecule has 134 valence electrons. The number of thioether (sulfide) groups is 1. The first-order valence-electron chi connectivity index (χ1n) is 7.95. The summed E-state index contributed by atoms with van der Waals surface area (Å²) in [5, 5.41) is 12.1. The van der Waals surface area contributed by atoms with E-state index >= 15 is 0 Å². The first-order chi connectivity index (χ1) is 12.5. The zero-order chi connectivity index (χ0) is 18.5. The van der Waals surface area contributed by atoms with Gasteiger partial charge in [-0.25, -0.2) is 4.68 Å². The predicted octanol–water partition coefficient (Wildman–Crippen LogP) is 3.28. The number of hydrogen-bond acceptors (Lipinski definition) is 5.